The molecule has 2 heterocycles. The van der Waals surface area contributed by atoms with Gasteiger partial charge in [0.05, 0.1) is 30.9 Å². The molecule has 29 heavy (non-hydrogen) atoms. The van der Waals surface area contributed by atoms with E-state index < -0.39 is 13.3 Å². The maximum absolute atomic E-state index is 12.4. The molecule has 0 aliphatic carbocycles. The Hall–Kier alpha value is -2.41. The van der Waals surface area contributed by atoms with Crippen LogP contribution in [0.2, 0.25) is 0 Å². The highest BCUT2D eigenvalue weighted by molar-refractivity contribution is 7.52. The van der Waals surface area contributed by atoms with Gasteiger partial charge in [0, 0.05) is 11.3 Å². The largest absolute Gasteiger partial charge is 0.494 e. The van der Waals surface area contributed by atoms with Crippen molar-refractivity contribution in [1.82, 2.24) is 4.98 Å². The first kappa shape index (κ1) is 21.3. The van der Waals surface area contributed by atoms with Crippen molar-refractivity contribution in [3.8, 4) is 5.75 Å². The minimum Gasteiger partial charge on any atom is -0.494 e. The Balaban J connectivity index is 1.57. The van der Waals surface area contributed by atoms with Crippen molar-refractivity contribution in [2.45, 2.75) is 45.3 Å². The van der Waals surface area contributed by atoms with Crippen LogP contribution < -0.4 is 15.4 Å². The molecule has 0 saturated heterocycles. The van der Waals surface area contributed by atoms with Gasteiger partial charge in [-0.3, -0.25) is 9.36 Å². The Bertz CT molecular complexity index is 942. The average molecular weight is 419 g/mol. The Morgan fingerprint density at radius 1 is 1.31 bits per heavy atom. The molecule has 1 aliphatic heterocycles. The number of aryl methyl sites for hydroxylation is 1. The van der Waals surface area contributed by atoms with Crippen LogP contribution in [0.1, 0.15) is 36.6 Å². The molecule has 0 saturated carbocycles. The molecule has 4 N–H and O–H groups in total. The summed E-state index contributed by atoms with van der Waals surface area (Å²) in [6, 6.07) is 9.34. The second kappa shape index (κ2) is 8.53. The Morgan fingerprint density at radius 3 is 2.66 bits per heavy atom. The van der Waals surface area contributed by atoms with Gasteiger partial charge < -0.3 is 25.2 Å². The van der Waals surface area contributed by atoms with Gasteiger partial charge in [-0.15, -0.1) is 0 Å². The summed E-state index contributed by atoms with van der Waals surface area (Å²) in [6.07, 6.45) is 1.22. The molecule has 1 aromatic heterocycles. The van der Waals surface area contributed by atoms with Crippen LogP contribution in [0.25, 0.3) is 0 Å². The molecule has 0 fully saturated rings. The molecule has 9 heteroatoms. The number of nitrogen functional groups attached to an aromatic ring is 1. The minimum absolute atomic E-state index is 0.00129. The van der Waals surface area contributed by atoms with Gasteiger partial charge in [0.2, 0.25) is 5.91 Å². The van der Waals surface area contributed by atoms with Gasteiger partial charge in [0.25, 0.3) is 0 Å². The zero-order valence-corrected chi connectivity index (χ0v) is 17.4. The van der Waals surface area contributed by atoms with Crippen molar-refractivity contribution in [2.24, 2.45) is 0 Å². The quantitative estimate of drug-likeness (QED) is 0.444. The average Bonchev–Trinajstić information content (AvgIpc) is 2.95. The van der Waals surface area contributed by atoms with Crippen LogP contribution in [0.5, 0.6) is 5.75 Å². The lowest BCUT2D eigenvalue weighted by molar-refractivity contribution is -0.117. The number of pyridine rings is 1. The number of nitrogens with two attached hydrogens (primary N) is 1. The number of ether oxygens (including phenoxy) is 1. The van der Waals surface area contributed by atoms with Crippen molar-refractivity contribution in [3.63, 3.8) is 0 Å². The van der Waals surface area contributed by atoms with E-state index in [-0.39, 0.29) is 12.3 Å². The van der Waals surface area contributed by atoms with E-state index in [1.54, 1.807) is 11.8 Å². The Labute approximate surface area is 169 Å². The first-order valence-corrected chi connectivity index (χ1v) is 11.2. The lowest BCUT2D eigenvalue weighted by atomic mass is 10.1. The molecule has 3 rings (SSSR count). The molecule has 2 aromatic rings. The molecule has 8 nitrogen and oxygen atoms in total. The predicted octanol–water partition coefficient (Wildman–Crippen LogP) is 2.79. The van der Waals surface area contributed by atoms with Gasteiger partial charge in [0.1, 0.15) is 11.6 Å². The summed E-state index contributed by atoms with van der Waals surface area (Å²) in [6.45, 7) is 4.21. The fourth-order valence-corrected chi connectivity index (χ4v) is 3.81. The summed E-state index contributed by atoms with van der Waals surface area (Å²) in [5.41, 5.74) is 8.63. The van der Waals surface area contributed by atoms with Gasteiger partial charge >= 0.3 is 7.60 Å². The molecule has 0 bridgehead atoms. The van der Waals surface area contributed by atoms with Gasteiger partial charge in [0.15, 0.2) is 0 Å². The minimum atomic E-state index is -4.02. The van der Waals surface area contributed by atoms with E-state index in [1.165, 1.54) is 0 Å². The molecular weight excluding hydrogens is 393 g/mol. The Morgan fingerprint density at radius 2 is 2.00 bits per heavy atom. The highest BCUT2D eigenvalue weighted by Crippen LogP contribution is 2.42. The number of nitrogens with zero attached hydrogens (tertiary/aromatic N) is 2. The second-order valence-corrected chi connectivity index (χ2v) is 9.44. The number of fused-ring (bicyclic) bond motifs is 1. The smallest absolute Gasteiger partial charge is 0.328 e. The highest BCUT2D eigenvalue weighted by atomic mass is 31.2. The SMILES string of the molecule is Cc1cc2c(c(N)n1)CC(=O)N2Cc1ccc(OCCCC(C)P(=O)(O)O)cc1. The third kappa shape index (κ3) is 5.15. The molecule has 1 atom stereocenters. The number of hydrogen-bond acceptors (Lipinski definition) is 5. The van der Waals surface area contributed by atoms with E-state index in [4.69, 9.17) is 20.3 Å². The fourth-order valence-electron chi connectivity index (χ4n) is 3.29. The van der Waals surface area contributed by atoms with Crippen LogP contribution in [0.4, 0.5) is 11.5 Å². The third-order valence-corrected chi connectivity index (χ3v) is 6.46. The van der Waals surface area contributed by atoms with Crippen molar-refractivity contribution in [2.75, 3.05) is 17.2 Å². The normalized spacial score (nSPS) is 14.8. The van der Waals surface area contributed by atoms with Crippen molar-refractivity contribution >= 4 is 25.0 Å². The van der Waals surface area contributed by atoms with Gasteiger partial charge in [-0.25, -0.2) is 4.98 Å². The molecule has 1 unspecified atom stereocenters. The zero-order chi connectivity index (χ0) is 21.2. The van der Waals surface area contributed by atoms with Crippen molar-refractivity contribution in [3.05, 3.63) is 47.2 Å². The number of aromatic nitrogens is 1. The van der Waals surface area contributed by atoms with Crippen molar-refractivity contribution < 1.29 is 23.9 Å². The van der Waals surface area contributed by atoms with Crippen LogP contribution in [0.15, 0.2) is 30.3 Å². The summed E-state index contributed by atoms with van der Waals surface area (Å²) in [5.74, 6) is 1.08. The number of amides is 1. The Kier molecular flexibility index (Phi) is 6.27. The zero-order valence-electron chi connectivity index (χ0n) is 16.5. The summed E-state index contributed by atoms with van der Waals surface area (Å²) in [5, 5.41) is 0. The maximum Gasteiger partial charge on any atom is 0.328 e. The lowest BCUT2D eigenvalue weighted by Gasteiger charge is -2.18. The molecule has 1 amide bonds. The maximum atomic E-state index is 12.4. The van der Waals surface area contributed by atoms with E-state index in [9.17, 15) is 9.36 Å². The molecule has 1 aliphatic rings. The summed E-state index contributed by atoms with van der Waals surface area (Å²) in [4.78, 5) is 36.6. The summed E-state index contributed by atoms with van der Waals surface area (Å²) in [7, 11) is -4.02. The first-order valence-electron chi connectivity index (χ1n) is 9.48. The lowest BCUT2D eigenvalue weighted by Crippen LogP contribution is -2.26. The van der Waals surface area contributed by atoms with E-state index in [0.29, 0.717) is 37.6 Å². The summed E-state index contributed by atoms with van der Waals surface area (Å²) < 4.78 is 16.8. The number of anilines is 2. The molecule has 156 valence electrons. The van der Waals surface area contributed by atoms with E-state index in [1.807, 2.05) is 37.3 Å². The monoisotopic (exact) mass is 419 g/mol. The molecule has 0 radical (unpaired) electrons. The second-order valence-electron chi connectivity index (χ2n) is 7.38. The van der Waals surface area contributed by atoms with E-state index in [2.05, 4.69) is 4.98 Å². The first-order chi connectivity index (χ1) is 13.6. The predicted molar refractivity (Wildman–Crippen MR) is 111 cm³/mol. The van der Waals surface area contributed by atoms with E-state index >= 15 is 0 Å². The van der Waals surface area contributed by atoms with Crippen LogP contribution in [-0.4, -0.2) is 32.9 Å². The van der Waals surface area contributed by atoms with Gasteiger partial charge in [-0.05, 0) is 43.5 Å². The number of carbonyl (C=O) groups is 1. The van der Waals surface area contributed by atoms with Gasteiger partial charge in [-0.1, -0.05) is 19.1 Å². The van der Waals surface area contributed by atoms with Crippen LogP contribution in [0, 0.1) is 6.92 Å². The molecule has 0 spiro atoms. The van der Waals surface area contributed by atoms with Crippen LogP contribution >= 0.6 is 7.60 Å². The number of rotatable bonds is 8. The fraction of sp³-hybridized carbons (Fsp3) is 0.400. The third-order valence-electron chi connectivity index (χ3n) is 5.05. The van der Waals surface area contributed by atoms with Crippen molar-refractivity contribution in [1.29, 1.82) is 0 Å². The number of hydrogen-bond donors (Lipinski definition) is 3. The topological polar surface area (TPSA) is 126 Å². The van der Waals surface area contributed by atoms with Crippen LogP contribution in [-0.2, 0) is 22.3 Å². The van der Waals surface area contributed by atoms with E-state index in [0.717, 1.165) is 22.5 Å². The van der Waals surface area contributed by atoms with Gasteiger partial charge in [-0.2, -0.15) is 0 Å². The standard InChI is InChI=1S/C20H26N3O5P/c1-13-10-18-17(20(21)22-13)11-19(24)23(18)12-15-5-7-16(8-6-15)28-9-3-4-14(2)29(25,26)27/h5-8,10,14H,3-4,9,11-12H2,1-2H3,(H2,21,22)(H2,25,26,27). The van der Waals surface area contributed by atoms with Crippen LogP contribution in [0.3, 0.4) is 0 Å². The highest BCUT2D eigenvalue weighted by Gasteiger charge is 2.30. The molecule has 1 aromatic carbocycles. The number of carbonyl (C=O) groups excluding carboxylic acids is 1. The number of benzene rings is 1. The summed E-state index contributed by atoms with van der Waals surface area (Å²) >= 11 is 0. The molecular formula is C20H26N3O5P.